The van der Waals surface area contributed by atoms with Crippen molar-refractivity contribution in [2.45, 2.75) is 19.8 Å². The summed E-state index contributed by atoms with van der Waals surface area (Å²) in [4.78, 5) is 37.3. The average Bonchev–Trinajstić information content (AvgIpc) is 2.68. The van der Waals surface area contributed by atoms with Crippen LogP contribution in [0.25, 0.3) is 0 Å². The number of anilines is 3. The summed E-state index contributed by atoms with van der Waals surface area (Å²) in [6.45, 7) is 1.92. The minimum absolute atomic E-state index is 0.00946. The van der Waals surface area contributed by atoms with Gasteiger partial charge in [0.15, 0.2) is 0 Å². The molecule has 7 nitrogen and oxygen atoms in total. The average molecular weight is 417 g/mol. The van der Waals surface area contributed by atoms with E-state index in [0.29, 0.717) is 34.1 Å². The van der Waals surface area contributed by atoms with Crippen molar-refractivity contribution in [1.82, 2.24) is 4.90 Å². The lowest BCUT2D eigenvalue weighted by molar-refractivity contribution is -0.116. The first-order valence-electron chi connectivity index (χ1n) is 9.25. The van der Waals surface area contributed by atoms with Crippen LogP contribution in [-0.4, -0.2) is 43.3 Å². The van der Waals surface area contributed by atoms with Crippen LogP contribution in [0.1, 0.15) is 30.1 Å². The van der Waals surface area contributed by atoms with E-state index >= 15 is 0 Å². The number of carbonyl (C=O) groups excluding carboxylic acids is 3. The van der Waals surface area contributed by atoms with Crippen molar-refractivity contribution in [3.05, 3.63) is 53.1 Å². The summed E-state index contributed by atoms with van der Waals surface area (Å²) in [5.74, 6) is -0.451. The molecule has 3 amide bonds. The molecule has 0 spiro atoms. The molecule has 8 heteroatoms. The highest BCUT2D eigenvalue weighted by atomic mass is 35.5. The smallest absolute Gasteiger partial charge is 0.253 e. The lowest BCUT2D eigenvalue weighted by Gasteiger charge is -2.12. The van der Waals surface area contributed by atoms with Crippen LogP contribution in [0.2, 0.25) is 5.02 Å². The van der Waals surface area contributed by atoms with Crippen molar-refractivity contribution in [3.8, 4) is 0 Å². The molecule has 2 rings (SSSR count). The lowest BCUT2D eigenvalue weighted by atomic mass is 10.2. The predicted molar refractivity (Wildman–Crippen MR) is 117 cm³/mol. The second-order valence-electron chi connectivity index (χ2n) is 6.67. The number of rotatable bonds is 8. The van der Waals surface area contributed by atoms with Crippen LogP contribution in [0.3, 0.4) is 0 Å². The van der Waals surface area contributed by atoms with Crippen molar-refractivity contribution in [2.75, 3.05) is 36.6 Å². The van der Waals surface area contributed by atoms with Gasteiger partial charge in [0.2, 0.25) is 11.8 Å². The van der Waals surface area contributed by atoms with Gasteiger partial charge in [0, 0.05) is 37.5 Å². The third kappa shape index (κ3) is 6.80. The molecule has 2 aromatic rings. The van der Waals surface area contributed by atoms with Gasteiger partial charge in [-0.05, 0) is 48.9 Å². The summed E-state index contributed by atoms with van der Waals surface area (Å²) in [6, 6.07) is 11.7. The molecule has 0 saturated carbocycles. The lowest BCUT2D eigenvalue weighted by Crippen LogP contribution is -2.23. The maximum atomic E-state index is 12.2. The number of halogens is 1. The summed E-state index contributed by atoms with van der Waals surface area (Å²) in [6.07, 6.45) is 1.20. The number of amides is 3. The molecule has 0 radical (unpaired) electrons. The van der Waals surface area contributed by atoms with Gasteiger partial charge in [-0.2, -0.15) is 0 Å². The molecule has 29 heavy (non-hydrogen) atoms. The maximum absolute atomic E-state index is 12.2. The number of carbonyl (C=O) groups is 3. The molecular formula is C21H25ClN4O3. The molecule has 0 bridgehead atoms. The Morgan fingerprint density at radius 1 is 0.931 bits per heavy atom. The molecule has 154 valence electrons. The van der Waals surface area contributed by atoms with Crippen LogP contribution < -0.4 is 16.0 Å². The zero-order valence-electron chi connectivity index (χ0n) is 16.7. The van der Waals surface area contributed by atoms with Crippen LogP contribution >= 0.6 is 11.6 Å². The standard InChI is InChI=1S/C21H25ClN4O3/c1-4-5-19(27)25-16-10-11-17(22)18(12-16)23-13-20(28)24-15-8-6-14(7-9-15)21(29)26(2)3/h6-12,23H,4-5,13H2,1-3H3,(H,24,28)(H,25,27). The SMILES string of the molecule is CCCC(=O)Nc1ccc(Cl)c(NCC(=O)Nc2ccc(C(=O)N(C)C)cc2)c1. The fourth-order valence-electron chi connectivity index (χ4n) is 2.52. The molecule has 2 aromatic carbocycles. The summed E-state index contributed by atoms with van der Waals surface area (Å²) in [5.41, 5.74) is 2.28. The van der Waals surface area contributed by atoms with Crippen molar-refractivity contribution >= 4 is 46.4 Å². The first-order chi connectivity index (χ1) is 13.8. The topological polar surface area (TPSA) is 90.5 Å². The summed E-state index contributed by atoms with van der Waals surface area (Å²) < 4.78 is 0. The Morgan fingerprint density at radius 2 is 1.55 bits per heavy atom. The zero-order chi connectivity index (χ0) is 21.4. The van der Waals surface area contributed by atoms with Gasteiger partial charge in [-0.3, -0.25) is 14.4 Å². The number of benzene rings is 2. The Kier molecular flexibility index (Phi) is 8.03. The first kappa shape index (κ1) is 22.2. The molecule has 3 N–H and O–H groups in total. The van der Waals surface area contributed by atoms with Crippen molar-refractivity contribution in [2.24, 2.45) is 0 Å². The Labute approximate surface area is 175 Å². The Hall–Kier alpha value is -3.06. The number of nitrogens with zero attached hydrogens (tertiary/aromatic N) is 1. The Balaban J connectivity index is 1.93. The van der Waals surface area contributed by atoms with Crippen LogP contribution in [0.5, 0.6) is 0 Å². The summed E-state index contributed by atoms with van der Waals surface area (Å²) in [5, 5.41) is 8.95. The molecule has 0 aromatic heterocycles. The van der Waals surface area contributed by atoms with E-state index in [-0.39, 0.29) is 24.3 Å². The quantitative estimate of drug-likeness (QED) is 0.610. The third-order valence-corrected chi connectivity index (χ3v) is 4.32. The fourth-order valence-corrected chi connectivity index (χ4v) is 2.71. The molecule has 0 aliphatic carbocycles. The highest BCUT2D eigenvalue weighted by Crippen LogP contribution is 2.25. The van der Waals surface area contributed by atoms with Gasteiger partial charge in [-0.25, -0.2) is 0 Å². The van der Waals surface area contributed by atoms with Crippen molar-refractivity contribution in [1.29, 1.82) is 0 Å². The molecule has 0 unspecified atom stereocenters. The van der Waals surface area contributed by atoms with Crippen molar-refractivity contribution < 1.29 is 14.4 Å². The van der Waals surface area contributed by atoms with Crippen molar-refractivity contribution in [3.63, 3.8) is 0 Å². The Bertz CT molecular complexity index is 882. The maximum Gasteiger partial charge on any atom is 0.253 e. The third-order valence-electron chi connectivity index (χ3n) is 3.99. The second kappa shape index (κ2) is 10.5. The predicted octanol–water partition coefficient (Wildman–Crippen LogP) is 3.83. The van der Waals surface area contributed by atoms with E-state index in [1.54, 1.807) is 56.6 Å². The second-order valence-corrected chi connectivity index (χ2v) is 7.08. The molecule has 0 heterocycles. The van der Waals surface area contributed by atoms with E-state index in [2.05, 4.69) is 16.0 Å². The summed E-state index contributed by atoms with van der Waals surface area (Å²) in [7, 11) is 3.36. The normalized spacial score (nSPS) is 10.2. The number of hydrogen-bond acceptors (Lipinski definition) is 4. The van der Waals surface area contributed by atoms with Crippen LogP contribution in [-0.2, 0) is 9.59 Å². The summed E-state index contributed by atoms with van der Waals surface area (Å²) >= 11 is 6.17. The van der Waals surface area contributed by atoms with Gasteiger partial charge in [0.25, 0.3) is 5.91 Å². The Morgan fingerprint density at radius 3 is 2.17 bits per heavy atom. The van der Waals surface area contributed by atoms with E-state index in [1.807, 2.05) is 6.92 Å². The monoisotopic (exact) mass is 416 g/mol. The van der Waals surface area contributed by atoms with E-state index in [4.69, 9.17) is 11.6 Å². The van der Waals surface area contributed by atoms with Gasteiger partial charge in [-0.15, -0.1) is 0 Å². The highest BCUT2D eigenvalue weighted by Gasteiger charge is 2.10. The van der Waals surface area contributed by atoms with E-state index in [1.165, 1.54) is 4.90 Å². The number of nitrogens with one attached hydrogen (secondary N) is 3. The van der Waals surface area contributed by atoms with Gasteiger partial charge in [-0.1, -0.05) is 18.5 Å². The number of hydrogen-bond donors (Lipinski definition) is 3. The van der Waals surface area contributed by atoms with Gasteiger partial charge in [0.05, 0.1) is 17.3 Å². The zero-order valence-corrected chi connectivity index (χ0v) is 17.5. The van der Waals surface area contributed by atoms with Gasteiger partial charge >= 0.3 is 0 Å². The van der Waals surface area contributed by atoms with Gasteiger partial charge < -0.3 is 20.9 Å². The largest absolute Gasteiger partial charge is 0.375 e. The molecule has 0 aliphatic heterocycles. The van der Waals surface area contributed by atoms with E-state index in [9.17, 15) is 14.4 Å². The van der Waals surface area contributed by atoms with E-state index in [0.717, 1.165) is 6.42 Å². The van der Waals surface area contributed by atoms with Crippen LogP contribution in [0, 0.1) is 0 Å². The molecule has 0 fully saturated rings. The molecular weight excluding hydrogens is 392 g/mol. The molecule has 0 aliphatic rings. The fraction of sp³-hybridized carbons (Fsp3) is 0.286. The van der Waals surface area contributed by atoms with Crippen LogP contribution in [0.15, 0.2) is 42.5 Å². The minimum Gasteiger partial charge on any atom is -0.375 e. The highest BCUT2D eigenvalue weighted by molar-refractivity contribution is 6.33. The molecule has 0 atom stereocenters. The molecule has 0 saturated heterocycles. The van der Waals surface area contributed by atoms with Gasteiger partial charge in [0.1, 0.15) is 0 Å². The van der Waals surface area contributed by atoms with Crippen LogP contribution in [0.4, 0.5) is 17.1 Å². The van der Waals surface area contributed by atoms with E-state index < -0.39 is 0 Å². The first-order valence-corrected chi connectivity index (χ1v) is 9.62. The minimum atomic E-state index is -0.270.